The number of aryl methyl sites for hydroxylation is 1. The topological polar surface area (TPSA) is 88.9 Å². The fraction of sp³-hybridized carbons (Fsp3) is 0.600. The predicted molar refractivity (Wildman–Crippen MR) is 127 cm³/mol. The van der Waals surface area contributed by atoms with Crippen LogP contribution in [0, 0.1) is 5.41 Å². The molecular formula is C25H36N4O4. The summed E-state index contributed by atoms with van der Waals surface area (Å²) in [5.74, 6) is 1.81. The summed E-state index contributed by atoms with van der Waals surface area (Å²) >= 11 is 0. The van der Waals surface area contributed by atoms with Gasteiger partial charge in [-0.2, -0.15) is 5.10 Å². The van der Waals surface area contributed by atoms with Gasteiger partial charge in [-0.05, 0) is 67.7 Å². The van der Waals surface area contributed by atoms with Gasteiger partial charge in [-0.1, -0.05) is 0 Å². The summed E-state index contributed by atoms with van der Waals surface area (Å²) in [6, 6.07) is 6.17. The average molecular weight is 457 g/mol. The number of aromatic nitrogens is 2. The first-order chi connectivity index (χ1) is 16.0. The molecule has 1 aliphatic heterocycles. The number of carbonyl (C=O) groups is 1. The van der Waals surface area contributed by atoms with E-state index in [1.807, 2.05) is 30.6 Å². The molecule has 0 radical (unpaired) electrons. The maximum atomic E-state index is 13.0. The van der Waals surface area contributed by atoms with Crippen LogP contribution >= 0.6 is 0 Å². The average Bonchev–Trinajstić information content (AvgIpc) is 3.46. The van der Waals surface area contributed by atoms with E-state index in [-0.39, 0.29) is 17.9 Å². The highest BCUT2D eigenvalue weighted by Crippen LogP contribution is 2.44. The number of ether oxygens (including phenoxy) is 2. The standard InChI is InChI=1S/C25H36N4O4/c1-32-22-4-5-23(33-2)19(15-22)3-6-24(31)28-12-11-25(18-28)9-7-20(8-10-25)27-21-16-26-29(17-21)13-14-30/h4-5,15-17,20,27,30H,3,6-14,18H2,1-2H3/t20-,25+. The number of hydrogen-bond donors (Lipinski definition) is 2. The smallest absolute Gasteiger partial charge is 0.222 e. The number of aliphatic hydroxyl groups excluding tert-OH is 1. The SMILES string of the molecule is COc1ccc(OC)c(CCC(=O)N2CC[C@]3(CC[C@H](Nc4cnn(CCO)c4)CC3)C2)c1. The van der Waals surface area contributed by atoms with E-state index in [0.29, 0.717) is 25.4 Å². The van der Waals surface area contributed by atoms with Crippen molar-refractivity contribution in [2.24, 2.45) is 5.41 Å². The number of rotatable bonds is 9. The van der Waals surface area contributed by atoms with Crippen LogP contribution in [0.15, 0.2) is 30.6 Å². The van der Waals surface area contributed by atoms with Crippen molar-refractivity contribution in [3.05, 3.63) is 36.2 Å². The highest BCUT2D eigenvalue weighted by molar-refractivity contribution is 5.77. The molecule has 2 N–H and O–H groups in total. The monoisotopic (exact) mass is 456 g/mol. The lowest BCUT2D eigenvalue weighted by atomic mass is 9.72. The predicted octanol–water partition coefficient (Wildman–Crippen LogP) is 3.10. The number of nitrogens with zero attached hydrogens (tertiary/aromatic N) is 3. The normalized spacial score (nSPS) is 22.5. The minimum Gasteiger partial charge on any atom is -0.497 e. The molecule has 1 aliphatic carbocycles. The van der Waals surface area contributed by atoms with Crippen molar-refractivity contribution in [2.75, 3.05) is 39.2 Å². The Morgan fingerprint density at radius 1 is 1.24 bits per heavy atom. The van der Waals surface area contributed by atoms with Gasteiger partial charge in [0.25, 0.3) is 0 Å². The number of hydrogen-bond acceptors (Lipinski definition) is 6. The second-order valence-electron chi connectivity index (χ2n) is 9.38. The number of nitrogens with one attached hydrogen (secondary N) is 1. The van der Waals surface area contributed by atoms with Gasteiger partial charge in [-0.3, -0.25) is 9.48 Å². The Morgan fingerprint density at radius 2 is 2.06 bits per heavy atom. The maximum absolute atomic E-state index is 13.0. The van der Waals surface area contributed by atoms with E-state index in [1.54, 1.807) is 18.9 Å². The highest BCUT2D eigenvalue weighted by Gasteiger charge is 2.42. The van der Waals surface area contributed by atoms with Gasteiger partial charge in [-0.25, -0.2) is 0 Å². The quantitative estimate of drug-likeness (QED) is 0.603. The Balaban J connectivity index is 1.25. The third-order valence-electron chi connectivity index (χ3n) is 7.27. The van der Waals surface area contributed by atoms with Crippen LogP contribution in [-0.4, -0.2) is 65.7 Å². The number of amides is 1. The second-order valence-corrected chi connectivity index (χ2v) is 9.38. The van der Waals surface area contributed by atoms with Crippen LogP contribution in [-0.2, 0) is 17.8 Å². The van der Waals surface area contributed by atoms with Crippen molar-refractivity contribution >= 4 is 11.6 Å². The van der Waals surface area contributed by atoms with Crippen LogP contribution in [0.1, 0.15) is 44.1 Å². The molecular weight excluding hydrogens is 420 g/mol. The molecule has 2 fully saturated rings. The highest BCUT2D eigenvalue weighted by atomic mass is 16.5. The molecule has 1 saturated heterocycles. The Kier molecular flexibility index (Phi) is 7.42. The van der Waals surface area contributed by atoms with E-state index in [0.717, 1.165) is 67.9 Å². The molecule has 2 aromatic rings. The zero-order valence-corrected chi connectivity index (χ0v) is 19.8. The van der Waals surface area contributed by atoms with Crippen LogP contribution in [0.4, 0.5) is 5.69 Å². The summed E-state index contributed by atoms with van der Waals surface area (Å²) in [5, 5.41) is 16.9. The number of carbonyl (C=O) groups excluding carboxylic acids is 1. The van der Waals surface area contributed by atoms with Gasteiger partial charge in [0.1, 0.15) is 11.5 Å². The van der Waals surface area contributed by atoms with Crippen molar-refractivity contribution in [3.8, 4) is 11.5 Å². The fourth-order valence-electron chi connectivity index (χ4n) is 5.31. The van der Waals surface area contributed by atoms with E-state index in [9.17, 15) is 4.79 Å². The summed E-state index contributed by atoms with van der Waals surface area (Å²) in [5.41, 5.74) is 2.29. The lowest BCUT2D eigenvalue weighted by Crippen LogP contribution is -2.37. The first kappa shape index (κ1) is 23.4. The van der Waals surface area contributed by atoms with Crippen LogP contribution in [0.5, 0.6) is 11.5 Å². The molecule has 1 spiro atoms. The largest absolute Gasteiger partial charge is 0.497 e. The molecule has 1 aromatic carbocycles. The van der Waals surface area contributed by atoms with E-state index in [1.165, 1.54) is 0 Å². The third kappa shape index (κ3) is 5.61. The zero-order chi connectivity index (χ0) is 23.3. The van der Waals surface area contributed by atoms with Gasteiger partial charge in [-0.15, -0.1) is 0 Å². The summed E-state index contributed by atoms with van der Waals surface area (Å²) in [6.07, 6.45) is 10.5. The molecule has 1 amide bonds. The van der Waals surface area contributed by atoms with Crippen LogP contribution in [0.3, 0.4) is 0 Å². The van der Waals surface area contributed by atoms with Crippen LogP contribution < -0.4 is 14.8 Å². The van der Waals surface area contributed by atoms with Crippen LogP contribution in [0.2, 0.25) is 0 Å². The molecule has 1 aromatic heterocycles. The molecule has 33 heavy (non-hydrogen) atoms. The van der Waals surface area contributed by atoms with Crippen LogP contribution in [0.25, 0.3) is 0 Å². The van der Waals surface area contributed by atoms with Gasteiger partial charge < -0.3 is 24.8 Å². The number of aliphatic hydroxyl groups is 1. The number of methoxy groups -OCH3 is 2. The summed E-state index contributed by atoms with van der Waals surface area (Å²) < 4.78 is 12.5. The second kappa shape index (κ2) is 10.5. The van der Waals surface area contributed by atoms with Crippen molar-refractivity contribution < 1.29 is 19.4 Å². The molecule has 0 unspecified atom stereocenters. The number of anilines is 1. The Bertz CT molecular complexity index is 936. The summed E-state index contributed by atoms with van der Waals surface area (Å²) in [4.78, 5) is 15.0. The Hall–Kier alpha value is -2.74. The molecule has 2 aliphatic rings. The van der Waals surface area contributed by atoms with E-state index >= 15 is 0 Å². The zero-order valence-electron chi connectivity index (χ0n) is 19.8. The third-order valence-corrected chi connectivity index (χ3v) is 7.27. The molecule has 8 nitrogen and oxygen atoms in total. The molecule has 2 heterocycles. The minimum absolute atomic E-state index is 0.0926. The van der Waals surface area contributed by atoms with Gasteiger partial charge in [0.2, 0.25) is 5.91 Å². The maximum Gasteiger partial charge on any atom is 0.222 e. The number of benzene rings is 1. The minimum atomic E-state index is 0.0926. The molecule has 0 bridgehead atoms. The molecule has 4 rings (SSSR count). The van der Waals surface area contributed by atoms with Crippen molar-refractivity contribution in [1.82, 2.24) is 14.7 Å². The molecule has 8 heteroatoms. The van der Waals surface area contributed by atoms with Gasteiger partial charge in [0.05, 0.1) is 39.3 Å². The van der Waals surface area contributed by atoms with Crippen molar-refractivity contribution in [2.45, 2.75) is 57.5 Å². The lowest BCUT2D eigenvalue weighted by Gasteiger charge is -2.37. The van der Waals surface area contributed by atoms with Crippen molar-refractivity contribution in [1.29, 1.82) is 0 Å². The van der Waals surface area contributed by atoms with Gasteiger partial charge >= 0.3 is 0 Å². The lowest BCUT2D eigenvalue weighted by molar-refractivity contribution is -0.130. The van der Waals surface area contributed by atoms with E-state index in [4.69, 9.17) is 14.6 Å². The van der Waals surface area contributed by atoms with Gasteiger partial charge in [0, 0.05) is 31.7 Å². The molecule has 0 atom stereocenters. The fourth-order valence-corrected chi connectivity index (χ4v) is 5.31. The first-order valence-electron chi connectivity index (χ1n) is 11.9. The van der Waals surface area contributed by atoms with E-state index in [2.05, 4.69) is 15.3 Å². The molecule has 1 saturated carbocycles. The first-order valence-corrected chi connectivity index (χ1v) is 11.9. The summed E-state index contributed by atoms with van der Waals surface area (Å²) in [7, 11) is 3.30. The Labute approximate surface area is 195 Å². The summed E-state index contributed by atoms with van der Waals surface area (Å²) in [6.45, 7) is 2.35. The Morgan fingerprint density at radius 3 is 2.79 bits per heavy atom. The number of likely N-dealkylation sites (tertiary alicyclic amines) is 1. The van der Waals surface area contributed by atoms with Gasteiger partial charge in [0.15, 0.2) is 0 Å². The van der Waals surface area contributed by atoms with E-state index < -0.39 is 0 Å². The molecule has 180 valence electrons. The van der Waals surface area contributed by atoms with Crippen molar-refractivity contribution in [3.63, 3.8) is 0 Å².